The average Bonchev–Trinajstić information content (AvgIpc) is 3.01. The van der Waals surface area contributed by atoms with E-state index in [1.165, 1.54) is 0 Å². The van der Waals surface area contributed by atoms with Crippen LogP contribution in [0, 0.1) is 0 Å². The molecule has 21 heteroatoms. The van der Waals surface area contributed by atoms with E-state index in [9.17, 15) is 0 Å². The molecule has 0 fully saturated rings. The van der Waals surface area contributed by atoms with E-state index < -0.39 is 0 Å². The van der Waals surface area contributed by atoms with Gasteiger partial charge in [0.2, 0.25) is 0 Å². The van der Waals surface area contributed by atoms with Gasteiger partial charge in [0.05, 0.1) is 13.1 Å². The van der Waals surface area contributed by atoms with Gasteiger partial charge in [-0.2, -0.15) is 0 Å². The van der Waals surface area contributed by atoms with Crippen molar-refractivity contribution in [1.29, 1.82) is 0 Å². The minimum Gasteiger partial charge on any atom is -0.370 e. The lowest BCUT2D eigenvalue weighted by molar-refractivity contribution is -0.460. The Balaban J connectivity index is -0.0000000998. The van der Waals surface area contributed by atoms with Crippen LogP contribution < -0.4 is 96.0 Å². The Kier molecular flexibility index (Phi) is 62.4. The zero-order chi connectivity index (χ0) is 42.6. The van der Waals surface area contributed by atoms with E-state index >= 15 is 0 Å². The molecule has 0 spiro atoms. The van der Waals surface area contributed by atoms with E-state index in [4.69, 9.17) is 97.6 Å². The minimum atomic E-state index is 0. The van der Waals surface area contributed by atoms with Gasteiger partial charge in [-0.15, -0.1) is 11.6 Å². The fourth-order valence-corrected chi connectivity index (χ4v) is 3.18. The summed E-state index contributed by atoms with van der Waals surface area (Å²) in [7, 11) is 0. The van der Waals surface area contributed by atoms with Crippen LogP contribution in [-0.2, 0) is 0 Å². The second-order valence-corrected chi connectivity index (χ2v) is 13.1. The van der Waals surface area contributed by atoms with Gasteiger partial charge < -0.3 is 63.1 Å². The topological polar surface area (TPSA) is 455 Å². The second-order valence-electron chi connectivity index (χ2n) is 12.5. The zero-order valence-electron chi connectivity index (χ0n) is 34.1. The summed E-state index contributed by atoms with van der Waals surface area (Å²) in [6.07, 6.45) is 9.79. The van der Waals surface area contributed by atoms with E-state index in [-0.39, 0.29) is 67.4 Å². The van der Waals surface area contributed by atoms with Crippen LogP contribution >= 0.6 is 11.6 Å². The van der Waals surface area contributed by atoms with Crippen molar-refractivity contribution in [2.75, 3.05) is 38.6 Å². The van der Waals surface area contributed by atoms with Crippen molar-refractivity contribution < 1.29 is 9.98 Å². The number of hydrogen-bond donors (Lipinski definition) is 17. The largest absolute Gasteiger partial charge is 0.370 e. The third-order valence-corrected chi connectivity index (χ3v) is 5.67. The molecule has 0 aromatic heterocycles. The van der Waals surface area contributed by atoms with Gasteiger partial charge in [-0.25, -0.2) is 0 Å². The second kappa shape index (κ2) is 51.5. The van der Waals surface area contributed by atoms with Crippen LogP contribution in [0.5, 0.6) is 0 Å². The van der Waals surface area contributed by atoms with Gasteiger partial charge in [0.25, 0.3) is 0 Å². The van der Waals surface area contributed by atoms with Crippen LogP contribution in [0.1, 0.15) is 113 Å². The van der Waals surface area contributed by atoms with Crippen LogP contribution in [0.25, 0.3) is 0 Å². The van der Waals surface area contributed by atoms with E-state index in [2.05, 4.69) is 25.0 Å². The maximum Gasteiger partial charge on any atom is 0.338 e. The first-order chi connectivity index (χ1) is 24.5. The highest BCUT2D eigenvalue weighted by Crippen LogP contribution is 1.94. The number of nitrogens with one attached hydrogen (secondary N) is 2. The van der Waals surface area contributed by atoms with Crippen molar-refractivity contribution in [3.8, 4) is 0 Å². The lowest BCUT2D eigenvalue weighted by Gasteiger charge is -2.00. The summed E-state index contributed by atoms with van der Waals surface area (Å²) in [4.78, 5) is 17.1. The first-order valence-electron chi connectivity index (χ1n) is 18.3. The number of rotatable bonds is 20. The van der Waals surface area contributed by atoms with Crippen molar-refractivity contribution in [3.63, 3.8) is 0 Å². The van der Waals surface area contributed by atoms with Crippen molar-refractivity contribution in [2.45, 2.75) is 143 Å². The minimum absolute atomic E-state index is 0. The van der Waals surface area contributed by atoms with E-state index in [0.717, 1.165) is 83.2 Å². The van der Waals surface area contributed by atoms with Gasteiger partial charge in [0, 0.05) is 55.7 Å². The Bertz CT molecular complexity index is 709. The number of aliphatic imine (C=N–C) groups is 3. The quantitative estimate of drug-likeness (QED) is 0.0237. The molecule has 0 radical (unpaired) electrons. The van der Waals surface area contributed by atoms with Crippen LogP contribution in [0.3, 0.4) is 0 Å². The van der Waals surface area contributed by atoms with Crippen molar-refractivity contribution >= 4 is 41.4 Å². The van der Waals surface area contributed by atoms with Crippen LogP contribution in [0.4, 0.5) is 0 Å². The maximum absolute atomic E-state index is 5.51. The molecule has 0 aliphatic carbocycles. The molecule has 0 saturated heterocycles. The molecule has 0 heterocycles. The molecule has 5 unspecified atom stereocenters. The molecule has 0 rings (SSSR count). The Hall–Kier alpha value is -3.56. The van der Waals surface area contributed by atoms with Crippen molar-refractivity contribution in [2.24, 2.45) is 101 Å². The maximum atomic E-state index is 5.51. The summed E-state index contributed by atoms with van der Waals surface area (Å²) in [6, 6.07) is 1.26. The normalized spacial score (nSPS) is 12.0. The van der Waals surface area contributed by atoms with Crippen LogP contribution in [0.15, 0.2) is 15.0 Å². The standard InChI is InChI=1S/5C6H16N4.C2H5Cl.CH4/c5*1-5(7)3-2-4-10-6(8)9;1-2-3;/h5*5H,2-4,7H2,1H3,(H4,8,9,10);2H2,1H3;1H4/p+2. The first-order valence-corrected chi connectivity index (χ1v) is 18.8. The van der Waals surface area contributed by atoms with E-state index in [1.54, 1.807) is 0 Å². The Labute approximate surface area is 333 Å². The van der Waals surface area contributed by atoms with Crippen molar-refractivity contribution in [3.05, 3.63) is 0 Å². The molecule has 0 saturated carbocycles. The zero-order valence-corrected chi connectivity index (χ0v) is 34.8. The molecule has 0 aromatic rings. The monoisotopic (exact) mass is 803 g/mol. The fraction of sp³-hybridized carbons (Fsp3) is 0.848. The molecule has 20 nitrogen and oxygen atoms in total. The smallest absolute Gasteiger partial charge is 0.338 e. The summed E-state index contributed by atoms with van der Waals surface area (Å²) in [5.41, 5.74) is 78.8. The number of alkyl halides is 1. The van der Waals surface area contributed by atoms with Gasteiger partial charge in [-0.05, 0) is 98.8 Å². The van der Waals surface area contributed by atoms with E-state index in [0.29, 0.717) is 19.6 Å². The predicted molar refractivity (Wildman–Crippen MR) is 238 cm³/mol. The third-order valence-electron chi connectivity index (χ3n) is 5.67. The highest BCUT2D eigenvalue weighted by Gasteiger charge is 1.95. The van der Waals surface area contributed by atoms with Gasteiger partial charge in [-0.1, -0.05) is 14.4 Å². The summed E-state index contributed by atoms with van der Waals surface area (Å²) < 4.78 is 0. The number of hydrogen-bond acceptors (Lipinski definition) is 8. The molecule has 5 atom stereocenters. The SMILES string of the molecule is C.CC(N)CCCN=C(N)N.CC(N)CCCN=C(N)N.CC(N)CCCN=C(N)N.CC(N)CCC[NH+]=C(N)N.CC(N)CCC[NH+]=C(N)N.CCCl. The molecule has 328 valence electrons. The van der Waals surface area contributed by atoms with E-state index in [1.807, 2.05) is 41.5 Å². The van der Waals surface area contributed by atoms with Gasteiger partial charge in [-0.3, -0.25) is 47.9 Å². The Morgan fingerprint density at radius 1 is 0.444 bits per heavy atom. The number of halogens is 1. The van der Waals surface area contributed by atoms with Gasteiger partial charge in [0.15, 0.2) is 17.9 Å². The lowest BCUT2D eigenvalue weighted by Crippen LogP contribution is -2.78. The molecular formula is C33H91ClN20+2. The lowest BCUT2D eigenvalue weighted by atomic mass is 10.2. The number of guanidine groups is 5. The highest BCUT2D eigenvalue weighted by molar-refractivity contribution is 6.17. The third kappa shape index (κ3) is 110. The molecule has 0 bridgehead atoms. The first kappa shape index (κ1) is 65.3. The average molecular weight is 804 g/mol. The Morgan fingerprint density at radius 2 is 0.630 bits per heavy atom. The molecular weight excluding hydrogens is 712 g/mol. The summed E-state index contributed by atoms with van der Waals surface area (Å²) >= 11 is 5.00. The summed E-state index contributed by atoms with van der Waals surface area (Å²) in [6.45, 7) is 15.4. The van der Waals surface area contributed by atoms with Crippen molar-refractivity contribution in [1.82, 2.24) is 0 Å². The molecule has 32 N–H and O–H groups in total. The number of nitrogens with zero attached hydrogens (tertiary/aromatic N) is 3. The molecule has 0 aliphatic heterocycles. The Morgan fingerprint density at radius 3 is 0.778 bits per heavy atom. The number of nitrogens with two attached hydrogens (primary N) is 15. The van der Waals surface area contributed by atoms with Crippen LogP contribution in [-0.4, -0.2) is 98.6 Å². The predicted octanol–water partition coefficient (Wildman–Crippen LogP) is -5.02. The van der Waals surface area contributed by atoms with Gasteiger partial charge in [0.1, 0.15) is 0 Å². The highest BCUT2D eigenvalue weighted by atomic mass is 35.5. The summed E-state index contributed by atoms with van der Waals surface area (Å²) in [5.74, 6) is 1.76. The fourth-order valence-electron chi connectivity index (χ4n) is 3.18. The van der Waals surface area contributed by atoms with Crippen LogP contribution in [0.2, 0.25) is 0 Å². The molecule has 54 heavy (non-hydrogen) atoms. The molecule has 0 aliphatic rings. The molecule has 0 amide bonds. The summed E-state index contributed by atoms with van der Waals surface area (Å²) in [5, 5.41) is 0. The van der Waals surface area contributed by atoms with Gasteiger partial charge >= 0.3 is 11.9 Å². The molecule has 0 aromatic carbocycles.